The molecule has 0 aromatic rings. The highest BCUT2D eigenvalue weighted by Gasteiger charge is 2.52. The summed E-state index contributed by atoms with van der Waals surface area (Å²) >= 11 is 0. The number of hydrogen-bond donors (Lipinski definition) is 0. The van der Waals surface area contributed by atoms with Crippen LogP contribution in [0.2, 0.25) is 0 Å². The van der Waals surface area contributed by atoms with Gasteiger partial charge in [0.1, 0.15) is 0 Å². The third-order valence-electron chi connectivity index (χ3n) is 7.97. The maximum Gasteiger partial charge on any atom is 0.310 e. The fraction of sp³-hybridized carbons (Fsp3) is 0.950. The molecule has 0 aromatic carbocycles. The Kier molecular flexibility index (Phi) is 4.42. The highest BCUT2D eigenvalue weighted by atomic mass is 16.5. The van der Waals surface area contributed by atoms with E-state index in [4.69, 9.17) is 4.74 Å². The van der Waals surface area contributed by atoms with E-state index in [-0.39, 0.29) is 11.9 Å². The number of carbonyl (C=O) groups is 1. The number of carbonyl (C=O) groups excluding carboxylic acids is 1. The number of rotatable bonds is 2. The van der Waals surface area contributed by atoms with Crippen LogP contribution in [-0.4, -0.2) is 37.1 Å². The van der Waals surface area contributed by atoms with Crippen LogP contribution >= 0.6 is 0 Å². The van der Waals surface area contributed by atoms with Crippen molar-refractivity contribution in [2.45, 2.75) is 76.3 Å². The third-order valence-corrected chi connectivity index (χ3v) is 7.97. The summed E-state index contributed by atoms with van der Waals surface area (Å²) in [6, 6.07) is 1.16. The summed E-state index contributed by atoms with van der Waals surface area (Å²) in [5.74, 6) is 3.51. The lowest BCUT2D eigenvalue weighted by atomic mass is 9.61. The Morgan fingerprint density at radius 1 is 0.913 bits per heavy atom. The summed E-state index contributed by atoms with van der Waals surface area (Å²) in [7, 11) is 3.81. The molecule has 4 fully saturated rings. The van der Waals surface area contributed by atoms with Crippen molar-refractivity contribution in [1.29, 1.82) is 0 Å². The predicted octanol–water partition coefficient (Wildman–Crippen LogP) is 3.86. The Morgan fingerprint density at radius 2 is 1.65 bits per heavy atom. The lowest BCUT2D eigenvalue weighted by Crippen LogP contribution is -2.52. The number of ether oxygens (including phenoxy) is 1. The summed E-state index contributed by atoms with van der Waals surface area (Å²) in [5.41, 5.74) is 0. The van der Waals surface area contributed by atoms with Crippen molar-refractivity contribution >= 4 is 5.97 Å². The van der Waals surface area contributed by atoms with Crippen molar-refractivity contribution < 1.29 is 9.53 Å². The summed E-state index contributed by atoms with van der Waals surface area (Å²) in [6.07, 6.45) is 13.7. The summed E-state index contributed by atoms with van der Waals surface area (Å²) in [4.78, 5) is 15.1. The molecule has 0 N–H and O–H groups in total. The Labute approximate surface area is 141 Å². The van der Waals surface area contributed by atoms with Gasteiger partial charge in [0.15, 0.2) is 0 Å². The van der Waals surface area contributed by atoms with Crippen LogP contribution in [0.4, 0.5) is 0 Å². The van der Waals surface area contributed by atoms with E-state index < -0.39 is 0 Å². The van der Waals surface area contributed by atoms with Gasteiger partial charge in [0, 0.05) is 12.1 Å². The molecule has 4 rings (SSSR count). The second-order valence-corrected chi connectivity index (χ2v) is 8.79. The Balaban J connectivity index is 1.53. The number of esters is 1. The second kappa shape index (κ2) is 6.38. The van der Waals surface area contributed by atoms with E-state index in [0.29, 0.717) is 12.0 Å². The normalized spacial score (nSPS) is 47.1. The van der Waals surface area contributed by atoms with Gasteiger partial charge in [-0.2, -0.15) is 0 Å². The largest absolute Gasteiger partial charge is 0.469 e. The molecular formula is C20H33NO2. The molecule has 2 heterocycles. The summed E-state index contributed by atoms with van der Waals surface area (Å²) in [5, 5.41) is 0. The Bertz CT molecular complexity index is 451. The van der Waals surface area contributed by atoms with Crippen LogP contribution in [0.15, 0.2) is 0 Å². The molecule has 3 heteroatoms. The third kappa shape index (κ3) is 2.73. The van der Waals surface area contributed by atoms with Crippen LogP contribution in [0.3, 0.4) is 0 Å². The molecule has 4 unspecified atom stereocenters. The van der Waals surface area contributed by atoms with Gasteiger partial charge >= 0.3 is 5.97 Å². The van der Waals surface area contributed by atoms with Gasteiger partial charge in [0.05, 0.1) is 13.0 Å². The molecule has 2 aliphatic carbocycles. The van der Waals surface area contributed by atoms with E-state index in [2.05, 4.69) is 11.9 Å². The number of nitrogens with zero attached hydrogens (tertiary/aromatic N) is 1. The van der Waals surface area contributed by atoms with E-state index in [1.165, 1.54) is 64.2 Å². The van der Waals surface area contributed by atoms with Gasteiger partial charge < -0.3 is 4.74 Å². The van der Waals surface area contributed by atoms with Crippen molar-refractivity contribution in [1.82, 2.24) is 4.90 Å². The van der Waals surface area contributed by atoms with Crippen molar-refractivity contribution in [3.63, 3.8) is 0 Å². The number of fused-ring (bicyclic) bond motifs is 3. The predicted molar refractivity (Wildman–Crippen MR) is 91.0 cm³/mol. The van der Waals surface area contributed by atoms with E-state index in [9.17, 15) is 4.79 Å². The van der Waals surface area contributed by atoms with E-state index in [1.807, 2.05) is 0 Å². The molecule has 0 spiro atoms. The van der Waals surface area contributed by atoms with Gasteiger partial charge in [-0.1, -0.05) is 25.7 Å². The summed E-state index contributed by atoms with van der Waals surface area (Å²) in [6.45, 7) is 0. The average molecular weight is 319 g/mol. The molecule has 2 saturated heterocycles. The van der Waals surface area contributed by atoms with Gasteiger partial charge in [-0.25, -0.2) is 0 Å². The van der Waals surface area contributed by atoms with E-state index in [1.54, 1.807) is 7.11 Å². The molecule has 2 saturated carbocycles. The van der Waals surface area contributed by atoms with Crippen molar-refractivity contribution in [2.75, 3.05) is 14.2 Å². The number of hydrogen-bond acceptors (Lipinski definition) is 3. The molecule has 0 amide bonds. The zero-order chi connectivity index (χ0) is 16.0. The fourth-order valence-corrected chi connectivity index (χ4v) is 6.76. The molecule has 23 heavy (non-hydrogen) atoms. The molecule has 4 aliphatic rings. The van der Waals surface area contributed by atoms with Gasteiger partial charge in [0.2, 0.25) is 0 Å². The first-order chi connectivity index (χ1) is 11.2. The first-order valence-corrected chi connectivity index (χ1v) is 9.98. The lowest BCUT2D eigenvalue weighted by Gasteiger charge is -2.48. The SMILES string of the molecule is COC(=O)[C@@H]1C2CC[C@H](C[C@@H]1C1CCC3CCCCC3C1)N2C. The Hall–Kier alpha value is -0.570. The quantitative estimate of drug-likeness (QED) is 0.724. The van der Waals surface area contributed by atoms with Crippen LogP contribution in [-0.2, 0) is 9.53 Å². The average Bonchev–Trinajstić information content (AvgIpc) is 2.83. The molecule has 2 aliphatic heterocycles. The van der Waals surface area contributed by atoms with Crippen molar-refractivity contribution in [2.24, 2.45) is 29.6 Å². The minimum Gasteiger partial charge on any atom is -0.469 e. The van der Waals surface area contributed by atoms with Crippen LogP contribution in [0, 0.1) is 29.6 Å². The number of piperidine rings is 1. The van der Waals surface area contributed by atoms with Crippen LogP contribution < -0.4 is 0 Å². The number of methoxy groups -OCH3 is 1. The zero-order valence-electron chi connectivity index (χ0n) is 14.9. The minimum absolute atomic E-state index is 0.0676. The molecule has 0 radical (unpaired) electrons. The monoisotopic (exact) mass is 319 g/mol. The topological polar surface area (TPSA) is 29.5 Å². The lowest BCUT2D eigenvalue weighted by molar-refractivity contribution is -0.154. The van der Waals surface area contributed by atoms with Crippen molar-refractivity contribution in [3.05, 3.63) is 0 Å². The van der Waals surface area contributed by atoms with Crippen LogP contribution in [0.25, 0.3) is 0 Å². The van der Waals surface area contributed by atoms with Crippen molar-refractivity contribution in [3.8, 4) is 0 Å². The van der Waals surface area contributed by atoms with Crippen LogP contribution in [0.5, 0.6) is 0 Å². The zero-order valence-corrected chi connectivity index (χ0v) is 14.9. The van der Waals surface area contributed by atoms with Gasteiger partial charge in [-0.05, 0) is 69.2 Å². The Morgan fingerprint density at radius 3 is 2.43 bits per heavy atom. The maximum absolute atomic E-state index is 12.6. The molecule has 3 nitrogen and oxygen atoms in total. The molecule has 0 aromatic heterocycles. The molecular weight excluding hydrogens is 286 g/mol. The summed E-state index contributed by atoms with van der Waals surface area (Å²) < 4.78 is 5.25. The van der Waals surface area contributed by atoms with Gasteiger partial charge in [0.25, 0.3) is 0 Å². The maximum atomic E-state index is 12.6. The van der Waals surface area contributed by atoms with E-state index >= 15 is 0 Å². The standard InChI is InChI=1S/C20H33NO2/c1-21-16-9-10-18(21)19(20(22)23-2)17(12-16)15-8-7-13-5-3-4-6-14(13)11-15/h13-19H,3-12H2,1-2H3/t13?,14?,15?,16-,17-,18?,19+/m1/s1. The minimum atomic E-state index is 0.0676. The highest BCUT2D eigenvalue weighted by Crippen LogP contribution is 2.51. The fourth-order valence-electron chi connectivity index (χ4n) is 6.76. The highest BCUT2D eigenvalue weighted by molar-refractivity contribution is 5.74. The van der Waals surface area contributed by atoms with Gasteiger partial charge in [-0.3, -0.25) is 9.69 Å². The second-order valence-electron chi connectivity index (χ2n) is 8.79. The molecule has 130 valence electrons. The van der Waals surface area contributed by atoms with Gasteiger partial charge in [-0.15, -0.1) is 0 Å². The molecule has 7 atom stereocenters. The smallest absolute Gasteiger partial charge is 0.310 e. The van der Waals surface area contributed by atoms with Crippen LogP contribution in [0.1, 0.15) is 64.2 Å². The van der Waals surface area contributed by atoms with E-state index in [0.717, 1.165) is 23.8 Å². The first-order valence-electron chi connectivity index (χ1n) is 9.98. The molecule has 2 bridgehead atoms. The first kappa shape index (κ1) is 15.9.